The summed E-state index contributed by atoms with van der Waals surface area (Å²) in [7, 11) is 1.61. The molecule has 1 heterocycles. The number of hydrogen-bond acceptors (Lipinski definition) is 3. The van der Waals surface area contributed by atoms with E-state index in [2.05, 4.69) is 5.32 Å². The maximum atomic E-state index is 11.1. The van der Waals surface area contributed by atoms with E-state index in [4.69, 9.17) is 9.84 Å². The molecule has 2 rings (SSSR count). The normalized spacial score (nSPS) is 24.3. The minimum atomic E-state index is -0.738. The van der Waals surface area contributed by atoms with Gasteiger partial charge < -0.3 is 15.2 Å². The molecular weight excluding hydrogens is 206 g/mol. The molecule has 0 amide bonds. The van der Waals surface area contributed by atoms with Crippen LogP contribution < -0.4 is 10.1 Å². The van der Waals surface area contributed by atoms with Crippen LogP contribution in [0.15, 0.2) is 24.3 Å². The van der Waals surface area contributed by atoms with Gasteiger partial charge in [0.15, 0.2) is 0 Å². The van der Waals surface area contributed by atoms with E-state index in [1.54, 1.807) is 7.11 Å². The number of hydrogen-bond donors (Lipinski definition) is 2. The monoisotopic (exact) mass is 221 g/mol. The lowest BCUT2D eigenvalue weighted by Crippen LogP contribution is -2.23. The minimum absolute atomic E-state index is 0.104. The van der Waals surface area contributed by atoms with E-state index in [0.717, 1.165) is 17.9 Å². The highest BCUT2D eigenvalue weighted by molar-refractivity contribution is 5.71. The Kier molecular flexibility index (Phi) is 3.10. The van der Waals surface area contributed by atoms with Crippen molar-refractivity contribution in [2.45, 2.75) is 12.5 Å². The molecule has 0 unspecified atom stereocenters. The van der Waals surface area contributed by atoms with E-state index >= 15 is 0 Å². The van der Waals surface area contributed by atoms with Crippen LogP contribution in [0, 0.1) is 5.92 Å². The van der Waals surface area contributed by atoms with Gasteiger partial charge in [0.05, 0.1) is 13.0 Å². The van der Waals surface area contributed by atoms with E-state index in [-0.39, 0.29) is 12.0 Å². The third kappa shape index (κ3) is 2.02. The molecule has 0 radical (unpaired) electrons. The van der Waals surface area contributed by atoms with Gasteiger partial charge in [0.2, 0.25) is 0 Å². The van der Waals surface area contributed by atoms with Crippen molar-refractivity contribution in [2.75, 3.05) is 13.7 Å². The van der Waals surface area contributed by atoms with Gasteiger partial charge in [-0.3, -0.25) is 4.79 Å². The van der Waals surface area contributed by atoms with Crippen LogP contribution in [0.2, 0.25) is 0 Å². The molecule has 0 aromatic heterocycles. The number of rotatable bonds is 3. The molecule has 1 fully saturated rings. The van der Waals surface area contributed by atoms with Crippen LogP contribution in [-0.4, -0.2) is 24.7 Å². The molecule has 2 N–H and O–H groups in total. The Labute approximate surface area is 94.2 Å². The number of ether oxygens (including phenoxy) is 1. The summed E-state index contributed by atoms with van der Waals surface area (Å²) in [4.78, 5) is 11.1. The van der Waals surface area contributed by atoms with Crippen molar-refractivity contribution in [3.63, 3.8) is 0 Å². The number of aliphatic carboxylic acids is 1. The zero-order valence-electron chi connectivity index (χ0n) is 9.14. The van der Waals surface area contributed by atoms with Crippen LogP contribution in [-0.2, 0) is 4.79 Å². The SMILES string of the molecule is COc1cccc([C@@H]2NCC[C@H]2C(=O)O)c1. The van der Waals surface area contributed by atoms with Crippen LogP contribution in [0.25, 0.3) is 0 Å². The van der Waals surface area contributed by atoms with Gasteiger partial charge >= 0.3 is 5.97 Å². The summed E-state index contributed by atoms with van der Waals surface area (Å²) in [6, 6.07) is 7.45. The molecule has 4 heteroatoms. The van der Waals surface area contributed by atoms with Gasteiger partial charge in [-0.25, -0.2) is 0 Å². The summed E-state index contributed by atoms with van der Waals surface area (Å²) in [5.41, 5.74) is 0.976. The number of nitrogens with one attached hydrogen (secondary N) is 1. The van der Waals surface area contributed by atoms with Gasteiger partial charge in [0.25, 0.3) is 0 Å². The molecule has 1 aliphatic rings. The van der Waals surface area contributed by atoms with Crippen LogP contribution in [0.3, 0.4) is 0 Å². The van der Waals surface area contributed by atoms with E-state index in [9.17, 15) is 4.79 Å². The smallest absolute Gasteiger partial charge is 0.308 e. The lowest BCUT2D eigenvalue weighted by atomic mass is 9.94. The minimum Gasteiger partial charge on any atom is -0.497 e. The second kappa shape index (κ2) is 4.53. The lowest BCUT2D eigenvalue weighted by molar-refractivity contribution is -0.142. The van der Waals surface area contributed by atoms with Crippen LogP contribution in [0.5, 0.6) is 5.75 Å². The highest BCUT2D eigenvalue weighted by atomic mass is 16.5. The Hall–Kier alpha value is -1.55. The number of carbonyl (C=O) groups is 1. The second-order valence-corrected chi connectivity index (χ2v) is 3.94. The maximum Gasteiger partial charge on any atom is 0.308 e. The zero-order valence-corrected chi connectivity index (χ0v) is 9.14. The molecular formula is C12H15NO3. The van der Waals surface area contributed by atoms with Crippen molar-refractivity contribution in [3.8, 4) is 5.75 Å². The highest BCUT2D eigenvalue weighted by Gasteiger charge is 2.33. The summed E-state index contributed by atoms with van der Waals surface area (Å²) >= 11 is 0. The van der Waals surface area contributed by atoms with Crippen molar-refractivity contribution in [1.82, 2.24) is 5.32 Å². The molecule has 0 bridgehead atoms. The average molecular weight is 221 g/mol. The summed E-state index contributed by atoms with van der Waals surface area (Å²) in [5, 5.41) is 12.3. The first-order chi connectivity index (χ1) is 7.72. The number of carboxylic acids is 1. The summed E-state index contributed by atoms with van der Waals surface area (Å²) in [6.07, 6.45) is 0.678. The molecule has 1 saturated heterocycles. The number of benzene rings is 1. The largest absolute Gasteiger partial charge is 0.497 e. The van der Waals surface area contributed by atoms with Gasteiger partial charge in [-0.15, -0.1) is 0 Å². The zero-order chi connectivity index (χ0) is 11.5. The van der Waals surface area contributed by atoms with Crippen LogP contribution in [0.4, 0.5) is 0 Å². The molecule has 86 valence electrons. The molecule has 1 aliphatic heterocycles. The summed E-state index contributed by atoms with van der Waals surface area (Å²) < 4.78 is 5.13. The number of methoxy groups -OCH3 is 1. The Morgan fingerprint density at radius 3 is 3.06 bits per heavy atom. The fraction of sp³-hybridized carbons (Fsp3) is 0.417. The molecule has 4 nitrogen and oxygen atoms in total. The lowest BCUT2D eigenvalue weighted by Gasteiger charge is -2.16. The van der Waals surface area contributed by atoms with Gasteiger partial charge in [-0.05, 0) is 30.7 Å². The molecule has 1 aromatic carbocycles. The molecule has 0 spiro atoms. The van der Waals surface area contributed by atoms with Crippen molar-refractivity contribution >= 4 is 5.97 Å². The standard InChI is InChI=1S/C12H15NO3/c1-16-9-4-2-3-8(7-9)11-10(12(14)15)5-6-13-11/h2-4,7,10-11,13H,5-6H2,1H3,(H,14,15)/t10-,11+/m1/s1. The Morgan fingerprint density at radius 2 is 2.38 bits per heavy atom. The molecule has 0 aliphatic carbocycles. The maximum absolute atomic E-state index is 11.1. The first-order valence-electron chi connectivity index (χ1n) is 5.32. The molecule has 2 atom stereocenters. The van der Waals surface area contributed by atoms with Crippen molar-refractivity contribution in [1.29, 1.82) is 0 Å². The van der Waals surface area contributed by atoms with Gasteiger partial charge in [-0.2, -0.15) is 0 Å². The highest BCUT2D eigenvalue weighted by Crippen LogP contribution is 2.31. The fourth-order valence-corrected chi connectivity index (χ4v) is 2.15. The van der Waals surface area contributed by atoms with E-state index in [1.807, 2.05) is 24.3 Å². The summed E-state index contributed by atoms with van der Waals surface area (Å²) in [5.74, 6) is -0.319. The molecule has 1 aromatic rings. The second-order valence-electron chi connectivity index (χ2n) is 3.94. The Morgan fingerprint density at radius 1 is 1.56 bits per heavy atom. The van der Waals surface area contributed by atoms with Crippen LogP contribution in [0.1, 0.15) is 18.0 Å². The Balaban J connectivity index is 2.25. The topological polar surface area (TPSA) is 58.6 Å². The molecule has 0 saturated carbocycles. The van der Waals surface area contributed by atoms with Gasteiger partial charge in [0.1, 0.15) is 5.75 Å². The van der Waals surface area contributed by atoms with Crippen molar-refractivity contribution in [2.24, 2.45) is 5.92 Å². The predicted octanol–water partition coefficient (Wildman–Crippen LogP) is 1.43. The third-order valence-corrected chi connectivity index (χ3v) is 2.99. The first kappa shape index (κ1) is 11.0. The van der Waals surface area contributed by atoms with E-state index < -0.39 is 5.97 Å². The van der Waals surface area contributed by atoms with Crippen LogP contribution >= 0.6 is 0 Å². The predicted molar refractivity (Wildman–Crippen MR) is 59.5 cm³/mol. The average Bonchev–Trinajstić information content (AvgIpc) is 2.78. The Bertz CT molecular complexity index is 392. The first-order valence-corrected chi connectivity index (χ1v) is 5.32. The van der Waals surface area contributed by atoms with Crippen molar-refractivity contribution < 1.29 is 14.6 Å². The van der Waals surface area contributed by atoms with E-state index in [0.29, 0.717) is 6.42 Å². The van der Waals surface area contributed by atoms with Gasteiger partial charge in [-0.1, -0.05) is 12.1 Å². The number of carboxylic acid groups (broad SMARTS) is 1. The molecule has 16 heavy (non-hydrogen) atoms. The van der Waals surface area contributed by atoms with E-state index in [1.165, 1.54) is 0 Å². The third-order valence-electron chi connectivity index (χ3n) is 2.99. The van der Waals surface area contributed by atoms with Gasteiger partial charge in [0, 0.05) is 6.04 Å². The fourth-order valence-electron chi connectivity index (χ4n) is 2.15. The van der Waals surface area contributed by atoms with Crippen molar-refractivity contribution in [3.05, 3.63) is 29.8 Å². The quantitative estimate of drug-likeness (QED) is 0.810. The summed E-state index contributed by atoms with van der Waals surface area (Å²) in [6.45, 7) is 0.749.